The van der Waals surface area contributed by atoms with E-state index in [1.165, 1.54) is 0 Å². The van der Waals surface area contributed by atoms with Crippen LogP contribution in [0.4, 0.5) is 0 Å². The van der Waals surface area contributed by atoms with Crippen LogP contribution in [0.25, 0.3) is 0 Å². The summed E-state index contributed by atoms with van der Waals surface area (Å²) in [5, 5.41) is 3.89. The number of hydrogen-bond acceptors (Lipinski definition) is 3. The minimum absolute atomic E-state index is 0.109. The predicted octanol–water partition coefficient (Wildman–Crippen LogP) is 3.67. The SMILES string of the molecule is O=C(Cc1c(Cl)cccc1Cl)NCCc1ccc2c(c1)OCCO2. The summed E-state index contributed by atoms with van der Waals surface area (Å²) in [6.07, 6.45) is 0.873. The van der Waals surface area contributed by atoms with Crippen LogP contribution < -0.4 is 14.8 Å². The van der Waals surface area contributed by atoms with Crippen molar-refractivity contribution in [3.8, 4) is 11.5 Å². The van der Waals surface area contributed by atoms with Gasteiger partial charge in [0.15, 0.2) is 11.5 Å². The molecule has 2 aromatic rings. The third-order valence-electron chi connectivity index (χ3n) is 3.74. The standard InChI is InChI=1S/C18H17Cl2NO3/c19-14-2-1-3-15(20)13(14)11-18(22)21-7-6-12-4-5-16-17(10-12)24-9-8-23-16/h1-5,10H,6-9,11H2,(H,21,22). The lowest BCUT2D eigenvalue weighted by molar-refractivity contribution is -0.120. The average Bonchev–Trinajstić information content (AvgIpc) is 2.58. The first-order valence-electron chi connectivity index (χ1n) is 7.71. The molecule has 24 heavy (non-hydrogen) atoms. The average molecular weight is 366 g/mol. The summed E-state index contributed by atoms with van der Waals surface area (Å²) in [4.78, 5) is 12.1. The van der Waals surface area contributed by atoms with Crippen molar-refractivity contribution < 1.29 is 14.3 Å². The molecule has 0 radical (unpaired) electrons. The molecule has 0 unspecified atom stereocenters. The Morgan fingerprint density at radius 2 is 1.75 bits per heavy atom. The number of hydrogen-bond donors (Lipinski definition) is 1. The van der Waals surface area contributed by atoms with Crippen molar-refractivity contribution in [2.45, 2.75) is 12.8 Å². The van der Waals surface area contributed by atoms with Gasteiger partial charge in [-0.3, -0.25) is 4.79 Å². The zero-order chi connectivity index (χ0) is 16.9. The lowest BCUT2D eigenvalue weighted by Gasteiger charge is -2.18. The number of amides is 1. The van der Waals surface area contributed by atoms with Gasteiger partial charge in [-0.15, -0.1) is 0 Å². The zero-order valence-electron chi connectivity index (χ0n) is 13.0. The third-order valence-corrected chi connectivity index (χ3v) is 4.45. The van der Waals surface area contributed by atoms with Gasteiger partial charge >= 0.3 is 0 Å². The Balaban J connectivity index is 1.52. The van der Waals surface area contributed by atoms with Gasteiger partial charge in [-0.25, -0.2) is 0 Å². The van der Waals surface area contributed by atoms with E-state index in [0.29, 0.717) is 41.8 Å². The second-order valence-corrected chi connectivity index (χ2v) is 6.27. The van der Waals surface area contributed by atoms with E-state index in [1.54, 1.807) is 18.2 Å². The van der Waals surface area contributed by atoms with Crippen molar-refractivity contribution in [3.05, 3.63) is 57.6 Å². The fourth-order valence-electron chi connectivity index (χ4n) is 2.51. The van der Waals surface area contributed by atoms with Crippen LogP contribution in [0.3, 0.4) is 0 Å². The molecule has 6 heteroatoms. The molecule has 0 saturated heterocycles. The second kappa shape index (κ2) is 7.77. The minimum atomic E-state index is -0.109. The first kappa shape index (κ1) is 16.9. The summed E-state index contributed by atoms with van der Waals surface area (Å²) in [7, 11) is 0. The summed E-state index contributed by atoms with van der Waals surface area (Å²) >= 11 is 12.2. The molecule has 0 fully saturated rings. The normalized spacial score (nSPS) is 12.8. The van der Waals surface area contributed by atoms with Gasteiger partial charge in [0.1, 0.15) is 13.2 Å². The number of carbonyl (C=O) groups is 1. The van der Waals surface area contributed by atoms with Crippen LogP contribution in [-0.4, -0.2) is 25.7 Å². The molecule has 126 valence electrons. The van der Waals surface area contributed by atoms with Gasteiger partial charge in [-0.05, 0) is 41.8 Å². The maximum atomic E-state index is 12.1. The van der Waals surface area contributed by atoms with Crippen LogP contribution in [-0.2, 0) is 17.6 Å². The Morgan fingerprint density at radius 1 is 1.04 bits per heavy atom. The van der Waals surface area contributed by atoms with Crippen molar-refractivity contribution >= 4 is 29.1 Å². The first-order chi connectivity index (χ1) is 11.6. The van der Waals surface area contributed by atoms with Crippen LogP contribution in [0, 0.1) is 0 Å². The molecule has 1 aliphatic rings. The highest BCUT2D eigenvalue weighted by molar-refractivity contribution is 6.36. The summed E-state index contributed by atoms with van der Waals surface area (Å²) < 4.78 is 11.0. The van der Waals surface area contributed by atoms with Crippen LogP contribution in [0.1, 0.15) is 11.1 Å². The van der Waals surface area contributed by atoms with Crippen molar-refractivity contribution in [2.24, 2.45) is 0 Å². The monoisotopic (exact) mass is 365 g/mol. The quantitative estimate of drug-likeness (QED) is 0.879. The molecule has 0 saturated carbocycles. The molecule has 0 aromatic heterocycles. The van der Waals surface area contributed by atoms with E-state index in [-0.39, 0.29) is 12.3 Å². The fourth-order valence-corrected chi connectivity index (χ4v) is 3.04. The zero-order valence-corrected chi connectivity index (χ0v) is 14.5. The topological polar surface area (TPSA) is 47.6 Å². The van der Waals surface area contributed by atoms with E-state index in [1.807, 2.05) is 18.2 Å². The smallest absolute Gasteiger partial charge is 0.224 e. The Labute approximate surface area is 150 Å². The van der Waals surface area contributed by atoms with Gasteiger partial charge in [-0.1, -0.05) is 35.3 Å². The highest BCUT2D eigenvalue weighted by Crippen LogP contribution is 2.30. The van der Waals surface area contributed by atoms with Gasteiger partial charge in [0.05, 0.1) is 6.42 Å². The van der Waals surface area contributed by atoms with E-state index in [2.05, 4.69) is 5.32 Å². The second-order valence-electron chi connectivity index (χ2n) is 5.45. The number of carbonyl (C=O) groups excluding carboxylic acids is 1. The molecule has 1 amide bonds. The van der Waals surface area contributed by atoms with Crippen LogP contribution >= 0.6 is 23.2 Å². The lowest BCUT2D eigenvalue weighted by atomic mass is 10.1. The van der Waals surface area contributed by atoms with Gasteiger partial charge < -0.3 is 14.8 Å². The van der Waals surface area contributed by atoms with E-state index < -0.39 is 0 Å². The van der Waals surface area contributed by atoms with Crippen LogP contribution in [0.5, 0.6) is 11.5 Å². The van der Waals surface area contributed by atoms with Gasteiger partial charge in [0.2, 0.25) is 5.91 Å². The maximum Gasteiger partial charge on any atom is 0.224 e. The minimum Gasteiger partial charge on any atom is -0.486 e. The molecular formula is C18H17Cl2NO3. The maximum absolute atomic E-state index is 12.1. The molecule has 4 nitrogen and oxygen atoms in total. The van der Waals surface area contributed by atoms with E-state index >= 15 is 0 Å². The van der Waals surface area contributed by atoms with Crippen LogP contribution in [0.2, 0.25) is 10.0 Å². The number of ether oxygens (including phenoxy) is 2. The Morgan fingerprint density at radius 3 is 2.50 bits per heavy atom. The number of fused-ring (bicyclic) bond motifs is 1. The molecule has 0 atom stereocenters. The molecule has 2 aromatic carbocycles. The van der Waals surface area contributed by atoms with E-state index in [0.717, 1.165) is 17.1 Å². The molecular weight excluding hydrogens is 349 g/mol. The van der Waals surface area contributed by atoms with Gasteiger partial charge in [0.25, 0.3) is 0 Å². The third kappa shape index (κ3) is 4.13. The Kier molecular flexibility index (Phi) is 5.48. The number of rotatable bonds is 5. The Bertz CT molecular complexity index is 729. The van der Waals surface area contributed by atoms with Crippen molar-refractivity contribution in [3.63, 3.8) is 0 Å². The molecule has 0 aliphatic carbocycles. The predicted molar refractivity (Wildman–Crippen MR) is 94.3 cm³/mol. The van der Waals surface area contributed by atoms with Crippen molar-refractivity contribution in [1.29, 1.82) is 0 Å². The van der Waals surface area contributed by atoms with Gasteiger partial charge in [0, 0.05) is 16.6 Å². The Hall–Kier alpha value is -1.91. The number of halogens is 2. The molecule has 3 rings (SSSR count). The lowest BCUT2D eigenvalue weighted by Crippen LogP contribution is -2.27. The summed E-state index contributed by atoms with van der Waals surface area (Å²) in [6.45, 7) is 1.67. The van der Waals surface area contributed by atoms with Crippen molar-refractivity contribution in [1.82, 2.24) is 5.32 Å². The van der Waals surface area contributed by atoms with E-state index in [9.17, 15) is 4.79 Å². The molecule has 1 N–H and O–H groups in total. The number of benzene rings is 2. The summed E-state index contributed by atoms with van der Waals surface area (Å²) in [6, 6.07) is 11.0. The fraction of sp³-hybridized carbons (Fsp3) is 0.278. The number of nitrogens with one attached hydrogen (secondary N) is 1. The largest absolute Gasteiger partial charge is 0.486 e. The first-order valence-corrected chi connectivity index (χ1v) is 8.47. The van der Waals surface area contributed by atoms with Gasteiger partial charge in [-0.2, -0.15) is 0 Å². The molecule has 1 heterocycles. The van der Waals surface area contributed by atoms with E-state index in [4.69, 9.17) is 32.7 Å². The highest BCUT2D eigenvalue weighted by atomic mass is 35.5. The molecule has 1 aliphatic heterocycles. The van der Waals surface area contributed by atoms with Crippen LogP contribution in [0.15, 0.2) is 36.4 Å². The summed E-state index contributed by atoms with van der Waals surface area (Å²) in [5.74, 6) is 1.41. The molecule has 0 bridgehead atoms. The molecule has 0 spiro atoms. The highest BCUT2D eigenvalue weighted by Gasteiger charge is 2.13. The summed E-state index contributed by atoms with van der Waals surface area (Å²) in [5.41, 5.74) is 1.73. The van der Waals surface area contributed by atoms with Crippen molar-refractivity contribution in [2.75, 3.05) is 19.8 Å².